The Kier molecular flexibility index (Phi) is 7.90. The monoisotopic (exact) mass is 575 g/mol. The first-order chi connectivity index (χ1) is 19.6. The van der Waals surface area contributed by atoms with E-state index in [1.54, 1.807) is 11.8 Å². The Morgan fingerprint density at radius 2 is 1.65 bits per heavy atom. The molecule has 0 saturated carbocycles. The predicted molar refractivity (Wildman–Crippen MR) is 153 cm³/mol. The molecule has 0 aliphatic carbocycles. The SMILES string of the molecule is O=C(Cc1cccs1)NC1C(=O)N2C(C(=O)OC(c3ccccc3)c3ccccc3)=C(N3CCOCC3)CS[C@@H]12. The van der Waals surface area contributed by atoms with E-state index in [0.29, 0.717) is 32.1 Å². The third-order valence-corrected chi connectivity index (χ3v) is 9.34. The van der Waals surface area contributed by atoms with Gasteiger partial charge in [0.15, 0.2) is 11.8 Å². The lowest BCUT2D eigenvalue weighted by Crippen LogP contribution is -2.71. The summed E-state index contributed by atoms with van der Waals surface area (Å²) in [6.45, 7) is 2.35. The molecule has 3 aliphatic rings. The fraction of sp³-hybridized carbons (Fsp3) is 0.300. The zero-order valence-corrected chi connectivity index (χ0v) is 23.4. The highest BCUT2D eigenvalue weighted by molar-refractivity contribution is 8.00. The fourth-order valence-corrected chi connectivity index (χ4v) is 7.30. The third kappa shape index (κ3) is 5.39. The Bertz CT molecular complexity index is 1350. The standard InChI is InChI=1S/C30H29N3O5S2/c34-24(18-22-12-7-17-39-22)31-25-28(35)33-26(23(19-40-29(25)33)32-13-15-37-16-14-32)30(36)38-27(20-8-3-1-4-9-20)21-10-5-2-6-11-21/h1-12,17,25,27,29H,13-16,18-19H2,(H,31,34)/t25?,29-/m0/s1. The molecule has 4 heterocycles. The Hall–Kier alpha value is -3.60. The lowest BCUT2D eigenvalue weighted by atomic mass is 10.0. The molecule has 2 aromatic carbocycles. The zero-order chi connectivity index (χ0) is 27.5. The summed E-state index contributed by atoms with van der Waals surface area (Å²) < 4.78 is 11.8. The summed E-state index contributed by atoms with van der Waals surface area (Å²) in [6.07, 6.45) is -0.419. The van der Waals surface area contributed by atoms with Crippen LogP contribution in [-0.2, 0) is 30.3 Å². The molecule has 206 valence electrons. The number of esters is 1. The summed E-state index contributed by atoms with van der Waals surface area (Å²) in [6, 6.07) is 22.3. The summed E-state index contributed by atoms with van der Waals surface area (Å²) >= 11 is 3.06. The fourth-order valence-electron chi connectivity index (χ4n) is 5.21. The number of fused-ring (bicyclic) bond motifs is 1. The van der Waals surface area contributed by atoms with Crippen molar-refractivity contribution in [1.82, 2.24) is 15.1 Å². The quantitative estimate of drug-likeness (QED) is 0.325. The number of benzene rings is 2. The summed E-state index contributed by atoms with van der Waals surface area (Å²) in [4.78, 5) is 44.8. The first-order valence-corrected chi connectivity index (χ1v) is 15.2. The van der Waals surface area contributed by atoms with Gasteiger partial charge in [-0.15, -0.1) is 23.1 Å². The van der Waals surface area contributed by atoms with Crippen LogP contribution in [0.15, 0.2) is 89.6 Å². The van der Waals surface area contributed by atoms with Crippen LogP contribution in [0.2, 0.25) is 0 Å². The number of hydrogen-bond donors (Lipinski definition) is 1. The van der Waals surface area contributed by atoms with Crippen molar-refractivity contribution >= 4 is 40.9 Å². The molecule has 3 aromatic rings. The Labute approximate surface area is 240 Å². The Morgan fingerprint density at radius 1 is 0.975 bits per heavy atom. The van der Waals surface area contributed by atoms with Gasteiger partial charge in [-0.3, -0.25) is 14.5 Å². The summed E-state index contributed by atoms with van der Waals surface area (Å²) in [7, 11) is 0. The molecule has 2 fully saturated rings. The van der Waals surface area contributed by atoms with E-state index in [9.17, 15) is 14.4 Å². The van der Waals surface area contributed by atoms with Crippen LogP contribution < -0.4 is 5.32 Å². The number of morpholine rings is 1. The molecule has 1 unspecified atom stereocenters. The number of hydrogen-bond acceptors (Lipinski definition) is 8. The van der Waals surface area contributed by atoms with Crippen molar-refractivity contribution in [1.29, 1.82) is 0 Å². The number of nitrogens with one attached hydrogen (secondary N) is 1. The van der Waals surface area contributed by atoms with E-state index in [4.69, 9.17) is 9.47 Å². The molecule has 0 radical (unpaired) electrons. The van der Waals surface area contributed by atoms with E-state index in [0.717, 1.165) is 21.7 Å². The topological polar surface area (TPSA) is 88.2 Å². The minimum Gasteiger partial charge on any atom is -0.448 e. The van der Waals surface area contributed by atoms with Crippen LogP contribution in [0.5, 0.6) is 0 Å². The Morgan fingerprint density at radius 3 is 2.27 bits per heavy atom. The van der Waals surface area contributed by atoms with Crippen molar-refractivity contribution in [3.8, 4) is 0 Å². The first-order valence-electron chi connectivity index (χ1n) is 13.2. The maximum absolute atomic E-state index is 14.1. The van der Waals surface area contributed by atoms with E-state index in [2.05, 4.69) is 10.2 Å². The largest absolute Gasteiger partial charge is 0.448 e. The number of β-lactam (4-membered cyclic amide) rings is 1. The van der Waals surface area contributed by atoms with E-state index >= 15 is 0 Å². The average molecular weight is 576 g/mol. The minimum absolute atomic E-state index is 0.207. The molecule has 0 spiro atoms. The number of ether oxygens (including phenoxy) is 2. The van der Waals surface area contributed by atoms with Crippen LogP contribution in [0, 0.1) is 0 Å². The van der Waals surface area contributed by atoms with Gasteiger partial charge < -0.3 is 19.7 Å². The minimum atomic E-state index is -0.689. The van der Waals surface area contributed by atoms with E-state index in [1.165, 1.54) is 16.2 Å². The van der Waals surface area contributed by atoms with Crippen LogP contribution in [0.4, 0.5) is 0 Å². The van der Waals surface area contributed by atoms with Gasteiger partial charge in [0.05, 0.1) is 25.3 Å². The summed E-state index contributed by atoms with van der Waals surface area (Å²) in [5.74, 6) is -0.537. The molecule has 10 heteroatoms. The molecule has 1 N–H and O–H groups in total. The lowest BCUT2D eigenvalue weighted by Gasteiger charge is -2.51. The number of nitrogens with zero attached hydrogens (tertiary/aromatic N) is 2. The van der Waals surface area contributed by atoms with Crippen LogP contribution in [-0.4, -0.2) is 71.1 Å². The van der Waals surface area contributed by atoms with Crippen molar-refractivity contribution < 1.29 is 23.9 Å². The molecule has 2 amide bonds. The molecule has 3 aliphatic heterocycles. The molecule has 1 aromatic heterocycles. The number of thioether (sulfide) groups is 1. The number of carbonyl (C=O) groups is 3. The van der Waals surface area contributed by atoms with E-state index in [-0.39, 0.29) is 29.3 Å². The zero-order valence-electron chi connectivity index (χ0n) is 21.7. The highest BCUT2D eigenvalue weighted by Gasteiger charge is 2.55. The van der Waals surface area contributed by atoms with Crippen molar-refractivity contribution in [2.75, 3.05) is 32.1 Å². The van der Waals surface area contributed by atoms with Crippen LogP contribution in [0.1, 0.15) is 22.1 Å². The van der Waals surface area contributed by atoms with Gasteiger partial charge in [0, 0.05) is 23.7 Å². The van der Waals surface area contributed by atoms with Gasteiger partial charge in [-0.05, 0) is 22.6 Å². The smallest absolute Gasteiger partial charge is 0.357 e. The van der Waals surface area contributed by atoms with Crippen LogP contribution in [0.3, 0.4) is 0 Å². The average Bonchev–Trinajstić information content (AvgIpc) is 3.52. The van der Waals surface area contributed by atoms with Crippen LogP contribution >= 0.6 is 23.1 Å². The first kappa shape index (κ1) is 26.6. The van der Waals surface area contributed by atoms with Crippen molar-refractivity contribution in [3.05, 3.63) is 106 Å². The molecule has 2 saturated heterocycles. The maximum Gasteiger partial charge on any atom is 0.357 e. The normalized spacial score (nSPS) is 20.7. The van der Waals surface area contributed by atoms with E-state index in [1.807, 2.05) is 78.2 Å². The van der Waals surface area contributed by atoms with Gasteiger partial charge in [-0.25, -0.2) is 4.79 Å². The van der Waals surface area contributed by atoms with Crippen LogP contribution in [0.25, 0.3) is 0 Å². The molecule has 40 heavy (non-hydrogen) atoms. The van der Waals surface area contributed by atoms with Gasteiger partial charge in [-0.1, -0.05) is 66.7 Å². The second-order valence-electron chi connectivity index (χ2n) is 9.71. The summed E-state index contributed by atoms with van der Waals surface area (Å²) in [5.41, 5.74) is 2.71. The lowest BCUT2D eigenvalue weighted by molar-refractivity contribution is -0.155. The molecular weight excluding hydrogens is 546 g/mol. The van der Waals surface area contributed by atoms with Gasteiger partial charge in [0.1, 0.15) is 11.4 Å². The third-order valence-electron chi connectivity index (χ3n) is 7.20. The molecule has 2 atom stereocenters. The molecular formula is C30H29N3O5S2. The van der Waals surface area contributed by atoms with Crippen molar-refractivity contribution in [2.24, 2.45) is 0 Å². The molecule has 0 bridgehead atoms. The number of amides is 2. The molecule has 8 nitrogen and oxygen atoms in total. The van der Waals surface area contributed by atoms with E-state index < -0.39 is 18.1 Å². The van der Waals surface area contributed by atoms with Crippen molar-refractivity contribution in [2.45, 2.75) is 23.9 Å². The van der Waals surface area contributed by atoms with Gasteiger partial charge in [0.2, 0.25) is 5.91 Å². The van der Waals surface area contributed by atoms with Gasteiger partial charge in [0.25, 0.3) is 5.91 Å². The predicted octanol–water partition coefficient (Wildman–Crippen LogP) is 3.57. The number of rotatable bonds is 8. The van der Waals surface area contributed by atoms with Crippen molar-refractivity contribution in [3.63, 3.8) is 0 Å². The Balaban J connectivity index is 1.28. The van der Waals surface area contributed by atoms with Gasteiger partial charge >= 0.3 is 5.97 Å². The maximum atomic E-state index is 14.1. The second-order valence-corrected chi connectivity index (χ2v) is 11.8. The molecule has 6 rings (SSSR count). The number of thiophene rings is 1. The second kappa shape index (κ2) is 11.9. The number of carbonyl (C=O) groups excluding carboxylic acids is 3. The summed E-state index contributed by atoms with van der Waals surface area (Å²) in [5, 5.41) is 4.44. The highest BCUT2D eigenvalue weighted by atomic mass is 32.2. The van der Waals surface area contributed by atoms with Gasteiger partial charge in [-0.2, -0.15) is 0 Å². The highest BCUT2D eigenvalue weighted by Crippen LogP contribution is 2.42.